The molecule has 0 unspecified atom stereocenters. The van der Waals surface area contributed by atoms with Gasteiger partial charge in [-0.1, -0.05) is 12.1 Å². The number of likely N-dealkylation sites (N-methyl/N-ethyl adjacent to an activating group) is 1. The number of carbonyl (C=O) groups excluding carboxylic acids is 2. The summed E-state index contributed by atoms with van der Waals surface area (Å²) in [7, 11) is 5.22. The van der Waals surface area contributed by atoms with Crippen molar-refractivity contribution in [1.29, 1.82) is 5.26 Å². The Morgan fingerprint density at radius 2 is 1.85 bits per heavy atom. The van der Waals surface area contributed by atoms with E-state index in [4.69, 9.17) is 14.6 Å². The normalized spacial score (nSPS) is 14.4. The molecular formula is C32H31F3N8O5. The van der Waals surface area contributed by atoms with Crippen LogP contribution in [0.15, 0.2) is 77.0 Å². The van der Waals surface area contributed by atoms with Gasteiger partial charge >= 0.3 is 17.8 Å². The SMILES string of the molecule is COC(=O)C1=C(C)N(c2cccc(C(F)(F)F)c2)c2n[nH]c(=O)n2[C@@H]1c1ccc(C#N)cc1CC[N+](C)(C)Cc1ncccn1.O=C[O-]. The number of aromatic nitrogens is 5. The van der Waals surface area contributed by atoms with Crippen LogP contribution in [0.25, 0.3) is 0 Å². The summed E-state index contributed by atoms with van der Waals surface area (Å²) in [6, 6.07) is 12.3. The molecular weight excluding hydrogens is 633 g/mol. The topological polar surface area (TPSA) is 170 Å². The Bertz CT molecular complexity index is 1930. The summed E-state index contributed by atoms with van der Waals surface area (Å²) in [5.41, 5.74) is 0.326. The van der Waals surface area contributed by atoms with Crippen LogP contribution in [0.5, 0.6) is 0 Å². The summed E-state index contributed by atoms with van der Waals surface area (Å²) in [5.74, 6) is -0.125. The van der Waals surface area contributed by atoms with Crippen molar-refractivity contribution in [1.82, 2.24) is 24.7 Å². The highest BCUT2D eigenvalue weighted by Gasteiger charge is 2.41. The molecule has 1 atom stereocenters. The first kappa shape index (κ1) is 35.0. The van der Waals surface area contributed by atoms with Crippen molar-refractivity contribution in [2.45, 2.75) is 32.1 Å². The maximum absolute atomic E-state index is 13.6. The lowest BCUT2D eigenvalue weighted by atomic mass is 9.89. The lowest BCUT2D eigenvalue weighted by molar-refractivity contribution is -0.904. The number of halogens is 3. The lowest BCUT2D eigenvalue weighted by Crippen LogP contribution is -2.41. The molecule has 0 amide bonds. The number of nitrogens with zero attached hydrogens (tertiary/aromatic N) is 7. The third-order valence-corrected chi connectivity index (χ3v) is 7.72. The van der Waals surface area contributed by atoms with E-state index >= 15 is 0 Å². The van der Waals surface area contributed by atoms with E-state index in [1.807, 2.05) is 14.1 Å². The Balaban J connectivity index is 0.00000167. The number of ether oxygens (including phenoxy) is 1. The first-order chi connectivity index (χ1) is 22.8. The molecule has 2 aromatic heterocycles. The summed E-state index contributed by atoms with van der Waals surface area (Å²) in [6.45, 7) is 2.17. The number of esters is 1. The quantitative estimate of drug-likeness (QED) is 0.168. The molecule has 2 aromatic carbocycles. The van der Waals surface area contributed by atoms with Crippen molar-refractivity contribution < 1.29 is 37.1 Å². The summed E-state index contributed by atoms with van der Waals surface area (Å²) in [5, 5.41) is 24.5. The van der Waals surface area contributed by atoms with Crippen LogP contribution in [0.4, 0.5) is 24.8 Å². The zero-order chi connectivity index (χ0) is 35.2. The highest BCUT2D eigenvalue weighted by Crippen LogP contribution is 2.43. The van der Waals surface area contributed by atoms with Crippen LogP contribution in [-0.4, -0.2) is 69.4 Å². The number of hydrogen-bond donors (Lipinski definition) is 1. The minimum Gasteiger partial charge on any atom is -0.554 e. The highest BCUT2D eigenvalue weighted by molar-refractivity contribution is 5.93. The molecule has 13 nitrogen and oxygen atoms in total. The number of aromatic amines is 1. The fourth-order valence-electron chi connectivity index (χ4n) is 5.53. The number of allylic oxidation sites excluding steroid dienone is 1. The first-order valence-corrected chi connectivity index (χ1v) is 14.4. The van der Waals surface area contributed by atoms with Gasteiger partial charge in [0.05, 0.1) is 50.5 Å². The molecule has 3 heterocycles. The van der Waals surface area contributed by atoms with Crippen molar-refractivity contribution in [3.8, 4) is 6.07 Å². The number of carbonyl (C=O) groups is 2. The van der Waals surface area contributed by atoms with Crippen molar-refractivity contribution >= 4 is 24.1 Å². The van der Waals surface area contributed by atoms with E-state index in [1.54, 1.807) is 43.6 Å². The van der Waals surface area contributed by atoms with Crippen LogP contribution in [0, 0.1) is 11.3 Å². The number of anilines is 2. The molecule has 1 N–H and O–H groups in total. The Kier molecular flexibility index (Phi) is 10.4. The summed E-state index contributed by atoms with van der Waals surface area (Å²) in [6.07, 6.45) is -0.843. The van der Waals surface area contributed by atoms with Gasteiger partial charge in [0.1, 0.15) is 12.6 Å². The second-order valence-electron chi connectivity index (χ2n) is 11.3. The van der Waals surface area contributed by atoms with Crippen LogP contribution in [0.2, 0.25) is 0 Å². The van der Waals surface area contributed by atoms with E-state index in [9.17, 15) is 28.0 Å². The Labute approximate surface area is 272 Å². The second kappa shape index (κ2) is 14.3. The average Bonchev–Trinajstić information content (AvgIpc) is 3.43. The van der Waals surface area contributed by atoms with Crippen molar-refractivity contribution in [3.05, 3.63) is 111 Å². The molecule has 250 valence electrons. The lowest BCUT2D eigenvalue weighted by Gasteiger charge is -2.36. The Morgan fingerprint density at radius 1 is 1.17 bits per heavy atom. The number of H-pyrrole nitrogens is 1. The number of hydrogen-bond acceptors (Lipinski definition) is 10. The van der Waals surface area contributed by atoms with Gasteiger partial charge in [-0.05, 0) is 54.4 Å². The number of methoxy groups -OCH3 is 1. The number of nitrogens with one attached hydrogen (secondary N) is 1. The van der Waals surface area contributed by atoms with Gasteiger partial charge in [-0.25, -0.2) is 29.2 Å². The van der Waals surface area contributed by atoms with E-state index < -0.39 is 35.9 Å². The molecule has 0 aliphatic carbocycles. The zero-order valence-corrected chi connectivity index (χ0v) is 26.4. The molecule has 0 saturated carbocycles. The Morgan fingerprint density at radius 3 is 2.48 bits per heavy atom. The van der Waals surface area contributed by atoms with E-state index in [0.29, 0.717) is 46.5 Å². The maximum atomic E-state index is 13.6. The molecule has 4 aromatic rings. The number of rotatable bonds is 8. The predicted molar refractivity (Wildman–Crippen MR) is 163 cm³/mol. The molecule has 0 bridgehead atoms. The van der Waals surface area contributed by atoms with Gasteiger partial charge in [-0.15, -0.1) is 5.10 Å². The van der Waals surface area contributed by atoms with Gasteiger partial charge in [-0.3, -0.25) is 4.90 Å². The largest absolute Gasteiger partial charge is 0.554 e. The summed E-state index contributed by atoms with van der Waals surface area (Å²) in [4.78, 5) is 45.0. The highest BCUT2D eigenvalue weighted by atomic mass is 19.4. The number of carboxylic acid groups (broad SMARTS) is 1. The second-order valence-corrected chi connectivity index (χ2v) is 11.3. The maximum Gasteiger partial charge on any atom is 0.416 e. The Hall–Kier alpha value is -5.82. The zero-order valence-electron chi connectivity index (χ0n) is 26.4. The predicted octanol–water partition coefficient (Wildman–Crippen LogP) is 2.63. The average molecular weight is 665 g/mol. The van der Waals surface area contributed by atoms with E-state index in [1.165, 1.54) is 28.7 Å². The summed E-state index contributed by atoms with van der Waals surface area (Å²) >= 11 is 0. The number of fused-ring (bicyclic) bond motifs is 1. The third-order valence-electron chi connectivity index (χ3n) is 7.72. The number of quaternary nitrogens is 1. The van der Waals surface area contributed by atoms with E-state index in [0.717, 1.165) is 12.1 Å². The van der Waals surface area contributed by atoms with Gasteiger partial charge in [0.15, 0.2) is 5.82 Å². The minimum atomic E-state index is -4.63. The molecule has 48 heavy (non-hydrogen) atoms. The fraction of sp³-hybridized carbons (Fsp3) is 0.281. The third kappa shape index (κ3) is 7.42. The van der Waals surface area contributed by atoms with E-state index in [2.05, 4.69) is 26.2 Å². The van der Waals surface area contributed by atoms with E-state index in [-0.39, 0.29) is 22.9 Å². The van der Waals surface area contributed by atoms with Gasteiger partial charge in [0, 0.05) is 36.7 Å². The van der Waals surface area contributed by atoms with Crippen LogP contribution in [0.3, 0.4) is 0 Å². The minimum absolute atomic E-state index is 0.0119. The van der Waals surface area contributed by atoms with Crippen LogP contribution in [0.1, 0.15) is 41.0 Å². The molecule has 0 saturated heterocycles. The van der Waals surface area contributed by atoms with Crippen molar-refractivity contribution in [2.24, 2.45) is 0 Å². The number of alkyl halides is 3. The van der Waals surface area contributed by atoms with Gasteiger partial charge in [0.2, 0.25) is 5.95 Å². The van der Waals surface area contributed by atoms with Crippen LogP contribution >= 0.6 is 0 Å². The molecule has 1 aliphatic rings. The van der Waals surface area contributed by atoms with Gasteiger partial charge < -0.3 is 19.1 Å². The molecule has 0 fully saturated rings. The number of benzene rings is 2. The standard InChI is InChI=1S/C31H29F3N8O3.CH2O2/c1-19-26(28(43)45-4)27(41-29(38-39-30(41)44)40(19)23-8-5-7-22(16-23)31(32,33)34)24-10-9-20(17-35)15-21(24)11-14-42(2,3)18-25-36-12-6-13-37-25;2-1-3/h5-10,12-13,15-16,27H,11,14,18H2,1-4H3;1H,(H,2,3)/t27-;/m1./s1. The molecule has 16 heteroatoms. The van der Waals surface area contributed by atoms with Crippen LogP contribution < -0.4 is 15.7 Å². The number of nitriles is 1. The fourth-order valence-corrected chi connectivity index (χ4v) is 5.53. The van der Waals surface area contributed by atoms with Crippen LogP contribution in [-0.2, 0) is 33.5 Å². The van der Waals surface area contributed by atoms with Gasteiger partial charge in [-0.2, -0.15) is 18.4 Å². The van der Waals surface area contributed by atoms with Crippen molar-refractivity contribution in [2.75, 3.05) is 32.6 Å². The molecule has 5 rings (SSSR count). The monoisotopic (exact) mass is 664 g/mol. The molecule has 1 aliphatic heterocycles. The smallest absolute Gasteiger partial charge is 0.416 e. The molecule has 0 radical (unpaired) electrons. The van der Waals surface area contributed by atoms with Crippen molar-refractivity contribution in [3.63, 3.8) is 0 Å². The van der Waals surface area contributed by atoms with Gasteiger partial charge in [0.25, 0.3) is 0 Å². The first-order valence-electron chi connectivity index (χ1n) is 14.4. The summed E-state index contributed by atoms with van der Waals surface area (Å²) < 4.78 is 47.8. The molecule has 0 spiro atoms.